The maximum absolute atomic E-state index is 12.6. The van der Waals surface area contributed by atoms with Gasteiger partial charge in [0.05, 0.1) is 24.5 Å². The zero-order valence-corrected chi connectivity index (χ0v) is 18.3. The Morgan fingerprint density at radius 2 is 1.93 bits per heavy atom. The minimum Gasteiger partial charge on any atom is -0.379 e. The number of carbonyl (C=O) groups excluding carboxylic acids is 1. The van der Waals surface area contributed by atoms with Gasteiger partial charge in [-0.1, -0.05) is 22.0 Å². The van der Waals surface area contributed by atoms with Gasteiger partial charge in [0.15, 0.2) is 0 Å². The number of nitrogens with zero attached hydrogens (tertiary/aromatic N) is 2. The van der Waals surface area contributed by atoms with Crippen molar-refractivity contribution in [2.24, 2.45) is 0 Å². The fourth-order valence-electron chi connectivity index (χ4n) is 3.35. The van der Waals surface area contributed by atoms with E-state index in [2.05, 4.69) is 21.2 Å². The average Bonchev–Trinajstić information content (AvgIpc) is 2.96. The van der Waals surface area contributed by atoms with Crippen LogP contribution in [-0.4, -0.2) is 61.8 Å². The number of amides is 1. The quantitative estimate of drug-likeness (QED) is 0.703. The van der Waals surface area contributed by atoms with Gasteiger partial charge in [-0.3, -0.25) is 4.79 Å². The topological polar surface area (TPSA) is 80.6 Å². The maximum atomic E-state index is 12.6. The van der Waals surface area contributed by atoms with E-state index >= 15 is 0 Å². The number of carbonyl (C=O) groups is 1. The predicted molar refractivity (Wildman–Crippen MR) is 111 cm³/mol. The van der Waals surface area contributed by atoms with E-state index < -0.39 is 10.0 Å². The van der Waals surface area contributed by atoms with Crippen LogP contribution in [0.2, 0.25) is 0 Å². The lowest BCUT2D eigenvalue weighted by molar-refractivity contribution is 0.0730. The number of hydrogen-bond donors (Lipinski definition) is 1. The first kappa shape index (κ1) is 21.0. The second-order valence-corrected chi connectivity index (χ2v) is 9.69. The van der Waals surface area contributed by atoms with Gasteiger partial charge in [-0.05, 0) is 38.1 Å². The molecule has 1 N–H and O–H groups in total. The number of halogens is 1. The molecule has 0 atom stereocenters. The standard InChI is InChI=1S/C19H24BrN3O4S/c1-14-12-18(15(2)23(14)17-5-3-4-16(20)13-17)19(24)21-6-11-28(25,26)22-7-9-27-10-8-22/h3-5,12-13H,6-11H2,1-2H3,(H,21,24). The van der Waals surface area contributed by atoms with Gasteiger partial charge in [-0.15, -0.1) is 0 Å². The van der Waals surface area contributed by atoms with Gasteiger partial charge in [0.2, 0.25) is 10.0 Å². The van der Waals surface area contributed by atoms with Gasteiger partial charge in [-0.25, -0.2) is 8.42 Å². The normalized spacial score (nSPS) is 15.5. The molecule has 2 heterocycles. The Bertz CT molecular complexity index is 966. The molecule has 1 aromatic heterocycles. The first-order valence-electron chi connectivity index (χ1n) is 9.08. The summed E-state index contributed by atoms with van der Waals surface area (Å²) >= 11 is 3.47. The molecule has 1 amide bonds. The molecule has 2 aromatic rings. The molecular weight excluding hydrogens is 446 g/mol. The third kappa shape index (κ3) is 4.65. The smallest absolute Gasteiger partial charge is 0.253 e. The van der Waals surface area contributed by atoms with Crippen LogP contribution in [0.1, 0.15) is 21.7 Å². The molecule has 0 aliphatic carbocycles. The van der Waals surface area contributed by atoms with Crippen LogP contribution in [-0.2, 0) is 14.8 Å². The Morgan fingerprint density at radius 3 is 2.61 bits per heavy atom. The monoisotopic (exact) mass is 469 g/mol. The van der Waals surface area contributed by atoms with Crippen LogP contribution in [0, 0.1) is 13.8 Å². The average molecular weight is 470 g/mol. The lowest BCUT2D eigenvalue weighted by atomic mass is 10.2. The highest BCUT2D eigenvalue weighted by Crippen LogP contribution is 2.23. The molecule has 1 fully saturated rings. The van der Waals surface area contributed by atoms with Crippen LogP contribution in [0.3, 0.4) is 0 Å². The van der Waals surface area contributed by atoms with E-state index in [0.717, 1.165) is 21.5 Å². The van der Waals surface area contributed by atoms with Crippen molar-refractivity contribution >= 4 is 31.9 Å². The molecule has 152 valence electrons. The third-order valence-electron chi connectivity index (χ3n) is 4.75. The van der Waals surface area contributed by atoms with Crippen molar-refractivity contribution in [2.45, 2.75) is 13.8 Å². The van der Waals surface area contributed by atoms with E-state index in [-0.39, 0.29) is 18.2 Å². The summed E-state index contributed by atoms with van der Waals surface area (Å²) in [6.45, 7) is 5.44. The van der Waals surface area contributed by atoms with E-state index in [0.29, 0.717) is 31.9 Å². The number of aryl methyl sites for hydroxylation is 1. The second kappa shape index (κ2) is 8.77. The summed E-state index contributed by atoms with van der Waals surface area (Å²) in [5, 5.41) is 2.74. The predicted octanol–water partition coefficient (Wildman–Crippen LogP) is 2.25. The van der Waals surface area contributed by atoms with Gasteiger partial charge < -0.3 is 14.6 Å². The van der Waals surface area contributed by atoms with Gasteiger partial charge in [-0.2, -0.15) is 4.31 Å². The fraction of sp³-hybridized carbons (Fsp3) is 0.421. The Morgan fingerprint density at radius 1 is 1.21 bits per heavy atom. The van der Waals surface area contributed by atoms with Crippen LogP contribution < -0.4 is 5.32 Å². The van der Waals surface area contributed by atoms with Gasteiger partial charge in [0.25, 0.3) is 5.91 Å². The van der Waals surface area contributed by atoms with Gasteiger partial charge >= 0.3 is 0 Å². The zero-order chi connectivity index (χ0) is 20.3. The van der Waals surface area contributed by atoms with E-state index in [9.17, 15) is 13.2 Å². The highest BCUT2D eigenvalue weighted by molar-refractivity contribution is 9.10. The Hall–Kier alpha value is -1.68. The summed E-state index contributed by atoms with van der Waals surface area (Å²) in [6, 6.07) is 9.66. The first-order chi connectivity index (χ1) is 13.3. The van der Waals surface area contributed by atoms with Crippen molar-refractivity contribution in [1.82, 2.24) is 14.2 Å². The molecule has 1 saturated heterocycles. The summed E-state index contributed by atoms with van der Waals surface area (Å²) in [5.74, 6) is -0.394. The number of morpholine rings is 1. The SMILES string of the molecule is Cc1cc(C(=O)NCCS(=O)(=O)N2CCOCC2)c(C)n1-c1cccc(Br)c1. The molecule has 1 aliphatic rings. The Balaban J connectivity index is 1.67. The van der Waals surface area contributed by atoms with Gasteiger partial charge in [0, 0.05) is 41.2 Å². The van der Waals surface area contributed by atoms with Crippen LogP contribution in [0.25, 0.3) is 5.69 Å². The first-order valence-corrected chi connectivity index (χ1v) is 11.5. The Labute approximate surface area is 173 Å². The molecule has 0 unspecified atom stereocenters. The molecule has 1 aromatic carbocycles. The largest absolute Gasteiger partial charge is 0.379 e. The van der Waals surface area contributed by atoms with E-state index in [1.165, 1.54) is 4.31 Å². The number of ether oxygens (including phenoxy) is 1. The number of sulfonamides is 1. The lowest BCUT2D eigenvalue weighted by Gasteiger charge is -2.26. The summed E-state index contributed by atoms with van der Waals surface area (Å²) in [4.78, 5) is 12.6. The molecule has 0 saturated carbocycles. The van der Waals surface area contributed by atoms with E-state index in [4.69, 9.17) is 4.74 Å². The highest BCUT2D eigenvalue weighted by atomic mass is 79.9. The summed E-state index contributed by atoms with van der Waals surface area (Å²) in [6.07, 6.45) is 0. The minimum atomic E-state index is -3.39. The fourth-order valence-corrected chi connectivity index (χ4v) is 5.06. The molecule has 9 heteroatoms. The Kier molecular flexibility index (Phi) is 6.59. The second-order valence-electron chi connectivity index (χ2n) is 6.68. The number of aromatic nitrogens is 1. The molecule has 0 bridgehead atoms. The number of benzene rings is 1. The molecule has 7 nitrogen and oxygen atoms in total. The molecule has 1 aliphatic heterocycles. The van der Waals surface area contributed by atoms with Crippen LogP contribution in [0.5, 0.6) is 0 Å². The van der Waals surface area contributed by atoms with Crippen molar-refractivity contribution in [1.29, 1.82) is 0 Å². The highest BCUT2D eigenvalue weighted by Gasteiger charge is 2.24. The third-order valence-corrected chi connectivity index (χ3v) is 7.12. The lowest BCUT2D eigenvalue weighted by Crippen LogP contribution is -2.43. The number of hydrogen-bond acceptors (Lipinski definition) is 4. The van der Waals surface area contributed by atoms with Crippen molar-refractivity contribution in [3.8, 4) is 5.69 Å². The number of nitrogens with one attached hydrogen (secondary N) is 1. The molecule has 0 spiro atoms. The van der Waals surface area contributed by atoms with Crippen LogP contribution in [0.15, 0.2) is 34.8 Å². The van der Waals surface area contributed by atoms with E-state index in [1.54, 1.807) is 0 Å². The molecule has 28 heavy (non-hydrogen) atoms. The van der Waals surface area contributed by atoms with Crippen molar-refractivity contribution in [3.05, 3.63) is 51.8 Å². The van der Waals surface area contributed by atoms with E-state index in [1.807, 2.05) is 48.7 Å². The van der Waals surface area contributed by atoms with Crippen molar-refractivity contribution in [2.75, 3.05) is 38.6 Å². The maximum Gasteiger partial charge on any atom is 0.253 e. The van der Waals surface area contributed by atoms with Crippen LogP contribution >= 0.6 is 15.9 Å². The number of rotatable bonds is 6. The molecule has 3 rings (SSSR count). The summed E-state index contributed by atoms with van der Waals surface area (Å²) in [5.41, 5.74) is 3.24. The van der Waals surface area contributed by atoms with Gasteiger partial charge in [0.1, 0.15) is 0 Å². The zero-order valence-electron chi connectivity index (χ0n) is 15.9. The van der Waals surface area contributed by atoms with Crippen LogP contribution in [0.4, 0.5) is 0 Å². The summed E-state index contributed by atoms with van der Waals surface area (Å²) in [7, 11) is -3.39. The van der Waals surface area contributed by atoms with Crippen molar-refractivity contribution in [3.63, 3.8) is 0 Å². The molecular formula is C19H24BrN3O4S. The minimum absolute atomic E-state index is 0.0685. The summed E-state index contributed by atoms with van der Waals surface area (Å²) < 4.78 is 34.3. The molecule has 0 radical (unpaired) electrons. The van der Waals surface area contributed by atoms with Crippen molar-refractivity contribution < 1.29 is 17.9 Å².